The molecular formula is C18H22ClNO2. The van der Waals surface area contributed by atoms with Crippen LogP contribution in [0.3, 0.4) is 0 Å². The van der Waals surface area contributed by atoms with Crippen molar-refractivity contribution in [2.24, 2.45) is 5.92 Å². The van der Waals surface area contributed by atoms with Gasteiger partial charge in [0.05, 0.1) is 5.54 Å². The molecule has 3 nitrogen and oxygen atoms in total. The highest BCUT2D eigenvalue weighted by Gasteiger charge is 2.37. The van der Waals surface area contributed by atoms with Crippen molar-refractivity contribution in [3.8, 4) is 0 Å². The lowest BCUT2D eigenvalue weighted by atomic mass is 9.81. The zero-order valence-electron chi connectivity index (χ0n) is 12.7. The first kappa shape index (κ1) is 15.6. The molecule has 0 aromatic heterocycles. The molecule has 1 atom stereocenters. The molecule has 1 aromatic rings. The van der Waals surface area contributed by atoms with Crippen molar-refractivity contribution >= 4 is 17.5 Å². The van der Waals surface area contributed by atoms with Crippen molar-refractivity contribution in [3.63, 3.8) is 0 Å². The van der Waals surface area contributed by atoms with Gasteiger partial charge in [-0.1, -0.05) is 35.9 Å². The Hall–Kier alpha value is -1.32. The van der Waals surface area contributed by atoms with Gasteiger partial charge in [0.25, 0.3) is 0 Å². The van der Waals surface area contributed by atoms with Crippen molar-refractivity contribution in [1.29, 1.82) is 0 Å². The molecule has 1 aromatic carbocycles. The van der Waals surface area contributed by atoms with Gasteiger partial charge in [-0.05, 0) is 49.8 Å². The third-order valence-corrected chi connectivity index (χ3v) is 5.00. The number of hydrogen-bond acceptors (Lipinski definition) is 2. The summed E-state index contributed by atoms with van der Waals surface area (Å²) >= 11 is 6.00. The van der Waals surface area contributed by atoms with Crippen molar-refractivity contribution < 1.29 is 9.53 Å². The highest BCUT2D eigenvalue weighted by atomic mass is 35.5. The highest BCUT2D eigenvalue weighted by molar-refractivity contribution is 6.30. The molecule has 1 heterocycles. The number of allylic oxidation sites excluding steroid dienone is 2. The minimum Gasteiger partial charge on any atom is -0.381 e. The number of amides is 1. The summed E-state index contributed by atoms with van der Waals surface area (Å²) < 4.78 is 5.51. The molecule has 0 spiro atoms. The third kappa shape index (κ3) is 3.36. The molecule has 1 unspecified atom stereocenters. The van der Waals surface area contributed by atoms with E-state index >= 15 is 0 Å². The minimum atomic E-state index is -0.318. The Labute approximate surface area is 136 Å². The predicted molar refractivity (Wildman–Crippen MR) is 87.8 cm³/mol. The molecule has 1 N–H and O–H groups in total. The highest BCUT2D eigenvalue weighted by Crippen LogP contribution is 2.34. The van der Waals surface area contributed by atoms with Gasteiger partial charge in [0.15, 0.2) is 0 Å². The second-order valence-corrected chi connectivity index (χ2v) is 6.61. The lowest BCUT2D eigenvalue weighted by Crippen LogP contribution is -2.51. The summed E-state index contributed by atoms with van der Waals surface area (Å²) in [6.45, 7) is 1.35. The maximum atomic E-state index is 12.7. The Morgan fingerprint density at radius 3 is 2.55 bits per heavy atom. The van der Waals surface area contributed by atoms with Gasteiger partial charge >= 0.3 is 0 Å². The quantitative estimate of drug-likeness (QED) is 0.860. The van der Waals surface area contributed by atoms with Gasteiger partial charge in [0.2, 0.25) is 5.91 Å². The zero-order valence-corrected chi connectivity index (χ0v) is 13.4. The summed E-state index contributed by atoms with van der Waals surface area (Å²) in [5, 5.41) is 4.06. The van der Waals surface area contributed by atoms with E-state index < -0.39 is 0 Å². The Balaban J connectivity index is 1.81. The van der Waals surface area contributed by atoms with Gasteiger partial charge in [0.1, 0.15) is 0 Å². The molecule has 1 aliphatic carbocycles. The van der Waals surface area contributed by atoms with Crippen molar-refractivity contribution in [2.75, 3.05) is 13.2 Å². The SMILES string of the molecule is O=C(NC1(c2ccc(Cl)cc2)CCOCC1)C1CC=CCC1. The van der Waals surface area contributed by atoms with Crippen LogP contribution in [0.25, 0.3) is 0 Å². The molecule has 118 valence electrons. The number of hydrogen-bond donors (Lipinski definition) is 1. The monoisotopic (exact) mass is 319 g/mol. The summed E-state index contributed by atoms with van der Waals surface area (Å²) in [6.07, 6.45) is 8.68. The summed E-state index contributed by atoms with van der Waals surface area (Å²) in [4.78, 5) is 12.7. The summed E-state index contributed by atoms with van der Waals surface area (Å²) in [5.41, 5.74) is 0.807. The van der Waals surface area contributed by atoms with Gasteiger partial charge in [-0.15, -0.1) is 0 Å². The van der Waals surface area contributed by atoms with Crippen molar-refractivity contribution in [3.05, 3.63) is 47.0 Å². The van der Waals surface area contributed by atoms with Crippen LogP contribution in [0.5, 0.6) is 0 Å². The molecule has 1 amide bonds. The summed E-state index contributed by atoms with van der Waals surface area (Å²) in [6, 6.07) is 7.83. The molecule has 1 saturated heterocycles. The van der Waals surface area contributed by atoms with Crippen LogP contribution in [-0.2, 0) is 15.1 Å². The first-order valence-corrected chi connectivity index (χ1v) is 8.38. The fraction of sp³-hybridized carbons (Fsp3) is 0.500. The molecule has 3 rings (SSSR count). The van der Waals surface area contributed by atoms with Gasteiger partial charge in [0, 0.05) is 24.2 Å². The molecule has 0 radical (unpaired) electrons. The van der Waals surface area contributed by atoms with Gasteiger partial charge in [-0.25, -0.2) is 0 Å². The minimum absolute atomic E-state index is 0.0945. The van der Waals surface area contributed by atoms with E-state index in [9.17, 15) is 4.79 Å². The average Bonchev–Trinajstić information content (AvgIpc) is 2.57. The molecule has 1 aliphatic heterocycles. The number of benzene rings is 1. The van der Waals surface area contributed by atoms with E-state index in [4.69, 9.17) is 16.3 Å². The van der Waals surface area contributed by atoms with E-state index in [-0.39, 0.29) is 17.4 Å². The zero-order chi connectivity index (χ0) is 15.4. The van der Waals surface area contributed by atoms with E-state index in [0.717, 1.165) is 42.7 Å². The molecule has 4 heteroatoms. The smallest absolute Gasteiger partial charge is 0.224 e. The Bertz CT molecular complexity index is 547. The number of ether oxygens (including phenoxy) is 1. The van der Waals surface area contributed by atoms with Crippen LogP contribution < -0.4 is 5.32 Å². The fourth-order valence-corrected chi connectivity index (χ4v) is 3.47. The molecule has 22 heavy (non-hydrogen) atoms. The predicted octanol–water partition coefficient (Wildman–Crippen LogP) is 3.82. The van der Waals surface area contributed by atoms with Gasteiger partial charge in [-0.3, -0.25) is 4.79 Å². The van der Waals surface area contributed by atoms with Crippen molar-refractivity contribution in [1.82, 2.24) is 5.32 Å². The Morgan fingerprint density at radius 1 is 1.18 bits per heavy atom. The number of carbonyl (C=O) groups excluding carboxylic acids is 1. The lowest BCUT2D eigenvalue weighted by molar-refractivity contribution is -0.128. The van der Waals surface area contributed by atoms with E-state index in [0.29, 0.717) is 13.2 Å². The van der Waals surface area contributed by atoms with E-state index in [1.165, 1.54) is 0 Å². The topological polar surface area (TPSA) is 38.3 Å². The standard InChI is InChI=1S/C18H22ClNO2/c19-16-8-6-15(7-9-16)18(10-12-22-13-11-18)20-17(21)14-4-2-1-3-5-14/h1-2,6-9,14H,3-5,10-13H2,(H,20,21). The molecule has 1 fully saturated rings. The fourth-order valence-electron chi connectivity index (χ4n) is 3.34. The first-order valence-electron chi connectivity index (χ1n) is 8.00. The molecule has 0 bridgehead atoms. The molecule has 2 aliphatic rings. The number of rotatable bonds is 3. The maximum Gasteiger partial charge on any atom is 0.224 e. The number of halogens is 1. The van der Waals surface area contributed by atoms with Crippen molar-refractivity contribution in [2.45, 2.75) is 37.6 Å². The average molecular weight is 320 g/mol. The van der Waals surface area contributed by atoms with E-state index in [1.54, 1.807) is 0 Å². The van der Waals surface area contributed by atoms with Crippen LogP contribution >= 0.6 is 11.6 Å². The van der Waals surface area contributed by atoms with Crippen LogP contribution in [0.15, 0.2) is 36.4 Å². The third-order valence-electron chi connectivity index (χ3n) is 4.75. The van der Waals surface area contributed by atoms with Gasteiger partial charge in [-0.2, -0.15) is 0 Å². The Morgan fingerprint density at radius 2 is 1.91 bits per heavy atom. The summed E-state index contributed by atoms with van der Waals surface area (Å²) in [5.74, 6) is 0.262. The molecule has 0 saturated carbocycles. The van der Waals surface area contributed by atoms with Crippen LogP contribution in [0.2, 0.25) is 5.02 Å². The van der Waals surface area contributed by atoms with Gasteiger partial charge < -0.3 is 10.1 Å². The second kappa shape index (κ2) is 6.84. The number of nitrogens with one attached hydrogen (secondary N) is 1. The van der Waals surface area contributed by atoms with Crippen LogP contribution in [0.4, 0.5) is 0 Å². The van der Waals surface area contributed by atoms with E-state index in [2.05, 4.69) is 17.5 Å². The maximum absolute atomic E-state index is 12.7. The first-order chi connectivity index (χ1) is 10.7. The lowest BCUT2D eigenvalue weighted by Gasteiger charge is -2.39. The second-order valence-electron chi connectivity index (χ2n) is 6.17. The normalized spacial score (nSPS) is 24.0. The number of carbonyl (C=O) groups is 1. The van der Waals surface area contributed by atoms with Crippen LogP contribution in [0, 0.1) is 5.92 Å². The van der Waals surface area contributed by atoms with Crippen LogP contribution in [-0.4, -0.2) is 19.1 Å². The van der Waals surface area contributed by atoms with E-state index in [1.807, 2.05) is 24.3 Å². The summed E-state index contributed by atoms with van der Waals surface area (Å²) in [7, 11) is 0. The van der Waals surface area contributed by atoms with Crippen LogP contribution in [0.1, 0.15) is 37.7 Å². The Kier molecular flexibility index (Phi) is 4.84. The molecular weight excluding hydrogens is 298 g/mol. The largest absolute Gasteiger partial charge is 0.381 e.